The summed E-state index contributed by atoms with van der Waals surface area (Å²) in [5.41, 5.74) is 3.04. The molecule has 1 aromatic carbocycles. The standard InChI is InChI=1S/C19H21N3/c1-19(2,3)21-18-16(13-12-15-9-5-4-6-10-15)20-17-11-7-8-14-22(17)18/h4-14,21H,1-3H3/b13-12+. The summed E-state index contributed by atoms with van der Waals surface area (Å²) in [5, 5.41) is 3.56. The third-order valence-electron chi connectivity index (χ3n) is 3.28. The molecule has 0 fully saturated rings. The van der Waals surface area contributed by atoms with Crippen LogP contribution in [0.1, 0.15) is 32.0 Å². The molecular formula is C19H21N3. The minimum Gasteiger partial charge on any atom is -0.365 e. The molecule has 0 amide bonds. The number of benzene rings is 1. The van der Waals surface area contributed by atoms with Gasteiger partial charge in [-0.1, -0.05) is 42.5 Å². The van der Waals surface area contributed by atoms with Crippen LogP contribution in [0.3, 0.4) is 0 Å². The lowest BCUT2D eigenvalue weighted by molar-refractivity contribution is 0.629. The average molecular weight is 291 g/mol. The maximum absolute atomic E-state index is 4.73. The van der Waals surface area contributed by atoms with E-state index >= 15 is 0 Å². The highest BCUT2D eigenvalue weighted by molar-refractivity contribution is 5.76. The van der Waals surface area contributed by atoms with Gasteiger partial charge in [0.1, 0.15) is 17.2 Å². The Labute approximate surface area is 131 Å². The lowest BCUT2D eigenvalue weighted by Gasteiger charge is -2.22. The van der Waals surface area contributed by atoms with E-state index in [-0.39, 0.29) is 5.54 Å². The number of hydrogen-bond acceptors (Lipinski definition) is 2. The van der Waals surface area contributed by atoms with Crippen molar-refractivity contribution in [3.8, 4) is 0 Å². The van der Waals surface area contributed by atoms with Crippen LogP contribution in [0.25, 0.3) is 17.8 Å². The van der Waals surface area contributed by atoms with Gasteiger partial charge in [0.2, 0.25) is 0 Å². The number of rotatable bonds is 3. The second kappa shape index (κ2) is 5.68. The summed E-state index contributed by atoms with van der Waals surface area (Å²) in [6.45, 7) is 6.46. The number of nitrogens with zero attached hydrogens (tertiary/aromatic N) is 2. The molecule has 0 saturated heterocycles. The number of hydrogen-bond donors (Lipinski definition) is 1. The van der Waals surface area contributed by atoms with Gasteiger partial charge < -0.3 is 5.32 Å². The maximum atomic E-state index is 4.73. The van der Waals surface area contributed by atoms with Crippen LogP contribution in [-0.4, -0.2) is 14.9 Å². The van der Waals surface area contributed by atoms with Crippen LogP contribution in [0, 0.1) is 0 Å². The highest BCUT2D eigenvalue weighted by Gasteiger charge is 2.16. The lowest BCUT2D eigenvalue weighted by atomic mass is 10.1. The number of imidazole rings is 1. The Bertz CT molecular complexity index is 792. The first-order valence-electron chi connectivity index (χ1n) is 7.51. The minimum absolute atomic E-state index is 0.0266. The summed E-state index contributed by atoms with van der Waals surface area (Å²) >= 11 is 0. The van der Waals surface area contributed by atoms with Gasteiger partial charge in [-0.3, -0.25) is 4.40 Å². The van der Waals surface area contributed by atoms with Crippen LogP contribution in [0.4, 0.5) is 5.82 Å². The largest absolute Gasteiger partial charge is 0.365 e. The molecule has 0 aliphatic rings. The van der Waals surface area contributed by atoms with E-state index in [4.69, 9.17) is 4.98 Å². The second-order valence-corrected chi connectivity index (χ2v) is 6.39. The summed E-state index contributed by atoms with van der Waals surface area (Å²) in [5.74, 6) is 1.02. The fourth-order valence-electron chi connectivity index (χ4n) is 2.35. The second-order valence-electron chi connectivity index (χ2n) is 6.39. The zero-order chi connectivity index (χ0) is 15.6. The summed E-state index contributed by atoms with van der Waals surface area (Å²) in [6, 6.07) is 16.3. The Morgan fingerprint density at radius 3 is 2.41 bits per heavy atom. The van der Waals surface area contributed by atoms with Gasteiger partial charge in [0.25, 0.3) is 0 Å². The van der Waals surface area contributed by atoms with E-state index in [1.165, 1.54) is 5.56 Å². The van der Waals surface area contributed by atoms with E-state index in [0.717, 1.165) is 17.2 Å². The predicted molar refractivity (Wildman–Crippen MR) is 93.9 cm³/mol. The number of fused-ring (bicyclic) bond motifs is 1. The van der Waals surface area contributed by atoms with Crippen LogP contribution in [0.2, 0.25) is 0 Å². The van der Waals surface area contributed by atoms with E-state index in [9.17, 15) is 0 Å². The molecule has 1 N–H and O–H groups in total. The first-order valence-corrected chi connectivity index (χ1v) is 7.51. The summed E-state index contributed by atoms with van der Waals surface area (Å²) in [6.07, 6.45) is 6.20. The van der Waals surface area contributed by atoms with Crippen molar-refractivity contribution in [1.82, 2.24) is 9.38 Å². The molecule has 2 aromatic heterocycles. The molecule has 0 aliphatic carbocycles. The molecule has 0 radical (unpaired) electrons. The normalized spacial score (nSPS) is 12.1. The molecule has 3 heteroatoms. The van der Waals surface area contributed by atoms with Crippen LogP contribution in [-0.2, 0) is 0 Å². The van der Waals surface area contributed by atoms with Gasteiger partial charge in [0.15, 0.2) is 0 Å². The maximum Gasteiger partial charge on any atom is 0.139 e. The van der Waals surface area contributed by atoms with Gasteiger partial charge in [0.05, 0.1) is 0 Å². The molecule has 3 aromatic rings. The molecule has 0 aliphatic heterocycles. The van der Waals surface area contributed by atoms with Gasteiger partial charge in [-0.2, -0.15) is 0 Å². The van der Waals surface area contributed by atoms with Gasteiger partial charge in [0, 0.05) is 11.7 Å². The van der Waals surface area contributed by atoms with E-state index in [1.54, 1.807) is 0 Å². The van der Waals surface area contributed by atoms with Crippen LogP contribution < -0.4 is 5.32 Å². The molecule has 0 atom stereocenters. The topological polar surface area (TPSA) is 29.3 Å². The smallest absolute Gasteiger partial charge is 0.139 e. The van der Waals surface area contributed by atoms with E-state index < -0.39 is 0 Å². The van der Waals surface area contributed by atoms with Crippen molar-refractivity contribution in [2.24, 2.45) is 0 Å². The molecule has 0 spiro atoms. The first-order chi connectivity index (χ1) is 10.5. The Hall–Kier alpha value is -2.55. The fourth-order valence-corrected chi connectivity index (χ4v) is 2.35. The minimum atomic E-state index is -0.0266. The highest BCUT2D eigenvalue weighted by Crippen LogP contribution is 2.23. The van der Waals surface area contributed by atoms with Gasteiger partial charge in [-0.15, -0.1) is 0 Å². The Balaban J connectivity index is 2.04. The summed E-state index contributed by atoms with van der Waals surface area (Å²) < 4.78 is 2.09. The van der Waals surface area contributed by atoms with Gasteiger partial charge >= 0.3 is 0 Å². The van der Waals surface area contributed by atoms with Gasteiger partial charge in [-0.05, 0) is 44.5 Å². The van der Waals surface area contributed by atoms with Crippen molar-refractivity contribution in [2.45, 2.75) is 26.3 Å². The third kappa shape index (κ3) is 3.19. The zero-order valence-corrected chi connectivity index (χ0v) is 13.2. The lowest BCUT2D eigenvalue weighted by Crippen LogP contribution is -2.27. The van der Waals surface area contributed by atoms with Crippen molar-refractivity contribution < 1.29 is 0 Å². The van der Waals surface area contributed by atoms with Crippen molar-refractivity contribution in [1.29, 1.82) is 0 Å². The van der Waals surface area contributed by atoms with Crippen LogP contribution in [0.15, 0.2) is 54.7 Å². The predicted octanol–water partition coefficient (Wildman–Crippen LogP) is 4.72. The monoisotopic (exact) mass is 291 g/mol. The molecule has 2 heterocycles. The Morgan fingerprint density at radius 1 is 0.955 bits per heavy atom. The number of pyridine rings is 1. The molecule has 112 valence electrons. The van der Waals surface area contributed by atoms with Crippen molar-refractivity contribution in [3.63, 3.8) is 0 Å². The fraction of sp³-hybridized carbons (Fsp3) is 0.211. The van der Waals surface area contributed by atoms with Crippen LogP contribution in [0.5, 0.6) is 0 Å². The average Bonchev–Trinajstić information content (AvgIpc) is 2.83. The Morgan fingerprint density at radius 2 is 1.68 bits per heavy atom. The van der Waals surface area contributed by atoms with Crippen molar-refractivity contribution in [2.75, 3.05) is 5.32 Å². The SMILES string of the molecule is CC(C)(C)Nc1c(/C=C/c2ccccc2)nc2ccccn12. The van der Waals surface area contributed by atoms with E-state index in [2.05, 4.69) is 54.8 Å². The van der Waals surface area contributed by atoms with Crippen LogP contribution >= 0.6 is 0 Å². The quantitative estimate of drug-likeness (QED) is 0.757. The third-order valence-corrected chi connectivity index (χ3v) is 3.28. The zero-order valence-electron chi connectivity index (χ0n) is 13.2. The molecule has 22 heavy (non-hydrogen) atoms. The number of anilines is 1. The van der Waals surface area contributed by atoms with Crippen molar-refractivity contribution >= 4 is 23.6 Å². The first kappa shape index (κ1) is 14.4. The van der Waals surface area contributed by atoms with E-state index in [0.29, 0.717) is 0 Å². The molecule has 0 saturated carbocycles. The summed E-state index contributed by atoms with van der Waals surface area (Å²) in [4.78, 5) is 4.73. The van der Waals surface area contributed by atoms with Gasteiger partial charge in [-0.25, -0.2) is 4.98 Å². The molecule has 3 nitrogen and oxygen atoms in total. The van der Waals surface area contributed by atoms with E-state index in [1.807, 2.05) is 42.6 Å². The molecule has 3 rings (SSSR count). The number of nitrogens with one attached hydrogen (secondary N) is 1. The van der Waals surface area contributed by atoms with Crippen molar-refractivity contribution in [3.05, 3.63) is 66.0 Å². The number of aromatic nitrogens is 2. The summed E-state index contributed by atoms with van der Waals surface area (Å²) in [7, 11) is 0. The molecule has 0 bridgehead atoms. The molecular weight excluding hydrogens is 270 g/mol. The highest BCUT2D eigenvalue weighted by atomic mass is 15.2. The molecule has 0 unspecified atom stereocenters. The Kier molecular flexibility index (Phi) is 3.72.